The Morgan fingerprint density at radius 3 is 2.56 bits per heavy atom. The van der Waals surface area contributed by atoms with E-state index in [4.69, 9.17) is 21.1 Å². The van der Waals surface area contributed by atoms with Gasteiger partial charge in [-0.1, -0.05) is 59.8 Å². The van der Waals surface area contributed by atoms with Gasteiger partial charge < -0.3 is 14.8 Å². The van der Waals surface area contributed by atoms with Crippen molar-refractivity contribution in [2.45, 2.75) is 30.8 Å². The summed E-state index contributed by atoms with van der Waals surface area (Å²) in [6.07, 6.45) is 0. The molecule has 0 aliphatic carbocycles. The molecule has 9 heteroatoms. The highest BCUT2D eigenvalue weighted by Crippen LogP contribution is 2.31. The van der Waals surface area contributed by atoms with Gasteiger partial charge in [0.25, 0.3) is 5.91 Å². The number of carbonyl (C=O) groups is 1. The van der Waals surface area contributed by atoms with Crippen LogP contribution in [0.5, 0.6) is 11.5 Å². The van der Waals surface area contributed by atoms with E-state index in [9.17, 15) is 4.79 Å². The molecule has 0 saturated carbocycles. The number of benzene rings is 3. The highest BCUT2D eigenvalue weighted by atomic mass is 35.5. The molecule has 4 rings (SSSR count). The van der Waals surface area contributed by atoms with Gasteiger partial charge in [-0.25, -0.2) is 0 Å². The zero-order chi connectivity index (χ0) is 25.7. The van der Waals surface area contributed by atoms with Gasteiger partial charge in [0.2, 0.25) is 0 Å². The van der Waals surface area contributed by atoms with Gasteiger partial charge in [-0.3, -0.25) is 9.36 Å². The van der Waals surface area contributed by atoms with Crippen LogP contribution in [0.2, 0.25) is 5.02 Å². The van der Waals surface area contributed by atoms with E-state index in [0.717, 1.165) is 17.0 Å². The predicted molar refractivity (Wildman–Crippen MR) is 143 cm³/mol. The van der Waals surface area contributed by atoms with Crippen molar-refractivity contribution in [1.29, 1.82) is 0 Å². The number of methoxy groups -OCH3 is 2. The lowest BCUT2D eigenvalue weighted by Gasteiger charge is -2.18. The van der Waals surface area contributed by atoms with E-state index in [0.29, 0.717) is 33.1 Å². The summed E-state index contributed by atoms with van der Waals surface area (Å²) in [5.74, 6) is 2.05. The van der Waals surface area contributed by atoms with Crippen LogP contribution < -0.4 is 14.8 Å². The van der Waals surface area contributed by atoms with Crippen molar-refractivity contribution in [2.24, 2.45) is 0 Å². The Hall–Kier alpha value is -3.49. The second-order valence-corrected chi connectivity index (χ2v) is 9.52. The fraction of sp³-hybridized carbons (Fsp3) is 0.222. The molecule has 36 heavy (non-hydrogen) atoms. The van der Waals surface area contributed by atoms with Crippen LogP contribution in [0.25, 0.3) is 5.69 Å². The number of aryl methyl sites for hydroxylation is 1. The van der Waals surface area contributed by atoms with E-state index in [1.165, 1.54) is 12.7 Å². The Labute approximate surface area is 219 Å². The van der Waals surface area contributed by atoms with E-state index < -0.39 is 6.04 Å². The molecule has 0 aliphatic heterocycles. The Kier molecular flexibility index (Phi) is 8.18. The van der Waals surface area contributed by atoms with Crippen molar-refractivity contribution >= 4 is 29.3 Å². The number of carbonyl (C=O) groups excluding carboxylic acids is 1. The number of hydrogen-bond donors (Lipinski definition) is 1. The van der Waals surface area contributed by atoms with Crippen molar-refractivity contribution in [3.63, 3.8) is 0 Å². The number of nitrogens with one attached hydrogen (secondary N) is 1. The van der Waals surface area contributed by atoms with Gasteiger partial charge >= 0.3 is 0 Å². The molecular weight excluding hydrogens is 496 g/mol. The minimum absolute atomic E-state index is 0.294. The molecule has 0 aliphatic rings. The number of aromatic nitrogens is 3. The fourth-order valence-electron chi connectivity index (χ4n) is 3.75. The molecule has 1 aromatic heterocycles. The standard InChI is InChI=1S/C27H27ClN4O3S/c1-17-10-11-20(28)14-23(17)32-25(30-31-27(32)36-16-19-8-6-5-7-9-19)18(2)29-26(33)22-13-12-21(34-3)15-24(22)35-4/h5-15,18H,16H2,1-4H3,(H,29,33). The minimum Gasteiger partial charge on any atom is -0.497 e. The van der Waals surface area contributed by atoms with Crippen LogP contribution in [-0.2, 0) is 5.75 Å². The number of hydrogen-bond acceptors (Lipinski definition) is 6. The average Bonchev–Trinajstić information content (AvgIpc) is 3.32. The first-order valence-corrected chi connectivity index (χ1v) is 12.7. The highest BCUT2D eigenvalue weighted by molar-refractivity contribution is 7.98. The first-order chi connectivity index (χ1) is 17.4. The second kappa shape index (κ2) is 11.5. The normalized spacial score (nSPS) is 11.7. The molecule has 0 fully saturated rings. The van der Waals surface area contributed by atoms with E-state index in [2.05, 4.69) is 27.6 Å². The van der Waals surface area contributed by atoms with Gasteiger partial charge in [-0.15, -0.1) is 10.2 Å². The molecule has 1 N–H and O–H groups in total. The molecule has 0 spiro atoms. The van der Waals surface area contributed by atoms with Crippen LogP contribution in [0.15, 0.2) is 71.9 Å². The molecule has 3 aromatic carbocycles. The predicted octanol–water partition coefficient (Wildman–Crippen LogP) is 6.03. The summed E-state index contributed by atoms with van der Waals surface area (Å²) in [5.41, 5.74) is 3.45. The molecule has 1 atom stereocenters. The number of amides is 1. The lowest BCUT2D eigenvalue weighted by atomic mass is 10.1. The Morgan fingerprint density at radius 1 is 1.06 bits per heavy atom. The molecule has 0 saturated heterocycles. The maximum absolute atomic E-state index is 13.2. The van der Waals surface area contributed by atoms with Crippen molar-refractivity contribution < 1.29 is 14.3 Å². The van der Waals surface area contributed by atoms with Gasteiger partial charge in [-0.2, -0.15) is 0 Å². The molecule has 1 unspecified atom stereocenters. The van der Waals surface area contributed by atoms with Gasteiger partial charge in [0.05, 0.1) is 31.5 Å². The smallest absolute Gasteiger partial charge is 0.255 e. The lowest BCUT2D eigenvalue weighted by molar-refractivity contribution is 0.0935. The largest absolute Gasteiger partial charge is 0.497 e. The van der Waals surface area contributed by atoms with Gasteiger partial charge in [-0.05, 0) is 49.2 Å². The molecular formula is C27H27ClN4O3S. The summed E-state index contributed by atoms with van der Waals surface area (Å²) in [4.78, 5) is 13.2. The third kappa shape index (κ3) is 5.66. The lowest BCUT2D eigenvalue weighted by Crippen LogP contribution is -2.29. The zero-order valence-electron chi connectivity index (χ0n) is 20.5. The molecule has 0 radical (unpaired) electrons. The SMILES string of the molecule is COc1ccc(C(=O)NC(C)c2nnc(SCc3ccccc3)n2-c2cc(Cl)ccc2C)c(OC)c1. The third-order valence-corrected chi connectivity index (χ3v) is 6.90. The second-order valence-electron chi connectivity index (χ2n) is 8.14. The zero-order valence-corrected chi connectivity index (χ0v) is 22.1. The molecule has 1 heterocycles. The topological polar surface area (TPSA) is 78.3 Å². The molecule has 1 amide bonds. The fourth-order valence-corrected chi connectivity index (χ4v) is 4.83. The first kappa shape index (κ1) is 25.6. The van der Waals surface area contributed by atoms with Crippen LogP contribution in [-0.4, -0.2) is 34.9 Å². The highest BCUT2D eigenvalue weighted by Gasteiger charge is 2.24. The summed E-state index contributed by atoms with van der Waals surface area (Å²) < 4.78 is 12.6. The summed E-state index contributed by atoms with van der Waals surface area (Å²) in [6.45, 7) is 3.88. The van der Waals surface area contributed by atoms with Crippen LogP contribution in [0, 0.1) is 6.92 Å². The first-order valence-electron chi connectivity index (χ1n) is 11.3. The van der Waals surface area contributed by atoms with Crippen LogP contribution >= 0.6 is 23.4 Å². The number of nitrogens with zero attached hydrogens (tertiary/aromatic N) is 3. The van der Waals surface area contributed by atoms with Gasteiger partial charge in [0, 0.05) is 16.8 Å². The summed E-state index contributed by atoms with van der Waals surface area (Å²) in [6, 6.07) is 20.5. The number of ether oxygens (including phenoxy) is 2. The number of halogens is 1. The monoisotopic (exact) mass is 522 g/mol. The molecule has 4 aromatic rings. The molecule has 0 bridgehead atoms. The quantitative estimate of drug-likeness (QED) is 0.270. The van der Waals surface area contributed by atoms with E-state index >= 15 is 0 Å². The summed E-state index contributed by atoms with van der Waals surface area (Å²) >= 11 is 7.93. The van der Waals surface area contributed by atoms with Gasteiger partial charge in [0.1, 0.15) is 11.5 Å². The Morgan fingerprint density at radius 2 is 1.83 bits per heavy atom. The van der Waals surface area contributed by atoms with Crippen LogP contribution in [0.1, 0.15) is 40.3 Å². The average molecular weight is 523 g/mol. The van der Waals surface area contributed by atoms with E-state index in [1.807, 2.05) is 54.8 Å². The van der Waals surface area contributed by atoms with Crippen LogP contribution in [0.3, 0.4) is 0 Å². The maximum Gasteiger partial charge on any atom is 0.255 e. The molecule has 186 valence electrons. The Balaban J connectivity index is 1.67. The molecule has 7 nitrogen and oxygen atoms in total. The van der Waals surface area contributed by atoms with Crippen molar-refractivity contribution in [2.75, 3.05) is 14.2 Å². The maximum atomic E-state index is 13.2. The van der Waals surface area contributed by atoms with Crippen LogP contribution in [0.4, 0.5) is 0 Å². The van der Waals surface area contributed by atoms with Gasteiger partial charge in [0.15, 0.2) is 11.0 Å². The summed E-state index contributed by atoms with van der Waals surface area (Å²) in [7, 11) is 3.08. The number of rotatable bonds is 9. The minimum atomic E-state index is -0.457. The van der Waals surface area contributed by atoms with Crippen molar-refractivity contribution in [3.05, 3.63) is 94.3 Å². The van der Waals surface area contributed by atoms with Crippen molar-refractivity contribution in [3.8, 4) is 17.2 Å². The van der Waals surface area contributed by atoms with E-state index in [-0.39, 0.29) is 5.91 Å². The summed E-state index contributed by atoms with van der Waals surface area (Å²) in [5, 5.41) is 13.3. The van der Waals surface area contributed by atoms with Crippen molar-refractivity contribution in [1.82, 2.24) is 20.1 Å². The number of thioether (sulfide) groups is 1. The van der Waals surface area contributed by atoms with E-state index in [1.54, 1.807) is 37.1 Å². The Bertz CT molecular complexity index is 1360. The third-order valence-electron chi connectivity index (χ3n) is 5.67.